The molecule has 0 aliphatic heterocycles. The fraction of sp³-hybridized carbons (Fsp3) is 0.735. The number of quaternary nitrogens is 1. The Morgan fingerprint density at radius 3 is 1.88 bits per heavy atom. The Balaban J connectivity index is 3.92. The van der Waals surface area contributed by atoms with Crippen LogP contribution in [0.5, 0.6) is 0 Å². The molecule has 0 heterocycles. The molecule has 0 aliphatic carbocycles. The minimum Gasteiger partial charge on any atom is -0.756 e. The zero-order chi connectivity index (χ0) is 32.1. The van der Waals surface area contributed by atoms with Gasteiger partial charge in [0.05, 0.1) is 34.4 Å². The third kappa shape index (κ3) is 31.7. The molecule has 9 heteroatoms. The van der Waals surface area contributed by atoms with Crippen molar-refractivity contribution in [3.05, 3.63) is 48.6 Å². The molecule has 0 radical (unpaired) electrons. The number of phosphoric acid groups is 1. The second-order valence-corrected chi connectivity index (χ2v) is 13.2. The van der Waals surface area contributed by atoms with Crippen molar-refractivity contribution in [3.8, 4) is 0 Å². The molecule has 0 amide bonds. The van der Waals surface area contributed by atoms with Crippen LogP contribution in [0.2, 0.25) is 0 Å². The fourth-order valence-electron chi connectivity index (χ4n) is 3.87. The lowest BCUT2D eigenvalue weighted by atomic mass is 10.1. The van der Waals surface area contributed by atoms with E-state index in [2.05, 4.69) is 55.5 Å². The van der Waals surface area contributed by atoms with E-state index in [1.807, 2.05) is 28.1 Å². The van der Waals surface area contributed by atoms with E-state index in [4.69, 9.17) is 18.5 Å². The Morgan fingerprint density at radius 2 is 1.30 bits per heavy atom. The van der Waals surface area contributed by atoms with Crippen LogP contribution in [-0.2, 0) is 27.9 Å². The summed E-state index contributed by atoms with van der Waals surface area (Å²) in [6, 6.07) is 0. The maximum Gasteiger partial charge on any atom is 0.306 e. The van der Waals surface area contributed by atoms with Gasteiger partial charge in [-0.05, 0) is 51.4 Å². The third-order valence-electron chi connectivity index (χ3n) is 6.36. The van der Waals surface area contributed by atoms with Crippen molar-refractivity contribution in [1.82, 2.24) is 0 Å². The Morgan fingerprint density at radius 1 is 0.744 bits per heavy atom. The number of nitrogens with zero attached hydrogens (tertiary/aromatic N) is 1. The van der Waals surface area contributed by atoms with Crippen molar-refractivity contribution < 1.29 is 37.3 Å². The number of phosphoric ester groups is 1. The molecule has 0 saturated carbocycles. The van der Waals surface area contributed by atoms with Crippen LogP contribution in [0, 0.1) is 0 Å². The van der Waals surface area contributed by atoms with Crippen LogP contribution in [0.3, 0.4) is 0 Å². The van der Waals surface area contributed by atoms with E-state index in [0.29, 0.717) is 24.1 Å². The highest BCUT2D eigenvalue weighted by Gasteiger charge is 2.20. The summed E-state index contributed by atoms with van der Waals surface area (Å²) >= 11 is 0. The smallest absolute Gasteiger partial charge is 0.306 e. The summed E-state index contributed by atoms with van der Waals surface area (Å²) in [5.41, 5.74) is 0. The highest BCUT2D eigenvalue weighted by Crippen LogP contribution is 2.38. The Hall–Kier alpha value is -1.54. The van der Waals surface area contributed by atoms with Gasteiger partial charge in [-0.1, -0.05) is 94.6 Å². The molecule has 0 N–H and O–H groups in total. The Bertz CT molecular complexity index is 833. The summed E-state index contributed by atoms with van der Waals surface area (Å²) < 4.78 is 33.6. The Kier molecular flexibility index (Phi) is 27.0. The molecule has 43 heavy (non-hydrogen) atoms. The SMILES string of the molecule is CC/C=C\C/C=C\C/C=C\C/C=C\CCCCCCCCCOCC(COP(=O)([O-])OCC[N+](C)(C)C)OC(=O)CCC. The monoisotopic (exact) mass is 627 g/mol. The van der Waals surface area contributed by atoms with Gasteiger partial charge in [-0.3, -0.25) is 9.36 Å². The molecule has 250 valence electrons. The van der Waals surface area contributed by atoms with Crippen LogP contribution < -0.4 is 4.89 Å². The lowest BCUT2D eigenvalue weighted by Gasteiger charge is -2.28. The average Bonchev–Trinajstić information content (AvgIpc) is 2.93. The van der Waals surface area contributed by atoms with Crippen LogP contribution in [0.15, 0.2) is 48.6 Å². The standard InChI is InChI=1S/C34H62NO7P/c1-6-8-9-10-11-12-13-14-15-16-17-18-19-20-21-22-23-24-25-26-29-39-31-33(42-34(36)27-7-2)32-41-43(37,38)40-30-28-35(3,4)5/h8-9,11-12,14-15,17-18,33H,6-7,10,13,16,19-32H2,1-5H3/b9-8-,12-11-,15-14-,18-17-. The van der Waals surface area contributed by atoms with Gasteiger partial charge in [0.15, 0.2) is 0 Å². The maximum absolute atomic E-state index is 12.1. The zero-order valence-corrected chi connectivity index (χ0v) is 28.8. The Labute approximate surface area is 263 Å². The number of likely N-dealkylation sites (N-methyl/N-ethyl adjacent to an activating group) is 1. The van der Waals surface area contributed by atoms with Gasteiger partial charge < -0.3 is 27.9 Å². The predicted octanol–water partition coefficient (Wildman–Crippen LogP) is 7.85. The van der Waals surface area contributed by atoms with Crippen molar-refractivity contribution in [1.29, 1.82) is 0 Å². The van der Waals surface area contributed by atoms with Crippen LogP contribution >= 0.6 is 7.82 Å². The van der Waals surface area contributed by atoms with E-state index in [0.717, 1.165) is 51.4 Å². The number of ether oxygens (including phenoxy) is 2. The first kappa shape index (κ1) is 41.5. The first-order chi connectivity index (χ1) is 20.6. The van der Waals surface area contributed by atoms with E-state index >= 15 is 0 Å². The molecule has 2 unspecified atom stereocenters. The van der Waals surface area contributed by atoms with Gasteiger partial charge in [0.2, 0.25) is 0 Å². The molecule has 0 spiro atoms. The van der Waals surface area contributed by atoms with Crippen LogP contribution in [-0.4, -0.2) is 70.7 Å². The molecule has 0 fully saturated rings. The normalized spacial score (nSPS) is 14.8. The van der Waals surface area contributed by atoms with Gasteiger partial charge in [0, 0.05) is 13.0 Å². The first-order valence-corrected chi connectivity index (χ1v) is 17.8. The van der Waals surface area contributed by atoms with Crippen LogP contribution in [0.4, 0.5) is 0 Å². The molecule has 0 aromatic heterocycles. The molecule has 0 aromatic carbocycles. The second-order valence-electron chi connectivity index (χ2n) is 11.8. The number of carbonyl (C=O) groups is 1. The maximum atomic E-state index is 12.1. The number of unbranched alkanes of at least 4 members (excludes halogenated alkanes) is 7. The van der Waals surface area contributed by atoms with Gasteiger partial charge in [-0.15, -0.1) is 0 Å². The van der Waals surface area contributed by atoms with Crippen molar-refractivity contribution in [3.63, 3.8) is 0 Å². The molecule has 0 aromatic rings. The van der Waals surface area contributed by atoms with E-state index in [1.54, 1.807) is 0 Å². The van der Waals surface area contributed by atoms with E-state index in [1.165, 1.54) is 25.7 Å². The minimum absolute atomic E-state index is 0.0202. The van der Waals surface area contributed by atoms with Crippen molar-refractivity contribution in [2.24, 2.45) is 0 Å². The molecule has 8 nitrogen and oxygen atoms in total. The number of carbonyl (C=O) groups excluding carboxylic acids is 1. The molecule has 0 rings (SSSR count). The van der Waals surface area contributed by atoms with Crippen molar-refractivity contribution >= 4 is 13.8 Å². The molecular weight excluding hydrogens is 565 g/mol. The molecule has 2 atom stereocenters. The molecule has 0 bridgehead atoms. The highest BCUT2D eigenvalue weighted by molar-refractivity contribution is 7.45. The topological polar surface area (TPSA) is 94.1 Å². The largest absolute Gasteiger partial charge is 0.756 e. The van der Waals surface area contributed by atoms with Crippen LogP contribution in [0.25, 0.3) is 0 Å². The number of esters is 1. The van der Waals surface area contributed by atoms with Crippen LogP contribution in [0.1, 0.15) is 104 Å². The predicted molar refractivity (Wildman–Crippen MR) is 176 cm³/mol. The van der Waals surface area contributed by atoms with Gasteiger partial charge in [-0.2, -0.15) is 0 Å². The summed E-state index contributed by atoms with van der Waals surface area (Å²) in [5, 5.41) is 0. The summed E-state index contributed by atoms with van der Waals surface area (Å²) in [5.74, 6) is -0.395. The first-order valence-electron chi connectivity index (χ1n) is 16.4. The summed E-state index contributed by atoms with van der Waals surface area (Å²) in [7, 11) is 1.33. The lowest BCUT2D eigenvalue weighted by molar-refractivity contribution is -0.870. The lowest BCUT2D eigenvalue weighted by Crippen LogP contribution is -2.37. The summed E-state index contributed by atoms with van der Waals surface area (Å²) in [6.45, 7) is 4.86. The molecular formula is C34H62NO7P. The average molecular weight is 628 g/mol. The second kappa shape index (κ2) is 28.0. The number of rotatable bonds is 29. The van der Waals surface area contributed by atoms with Gasteiger partial charge in [-0.25, -0.2) is 0 Å². The van der Waals surface area contributed by atoms with Crippen molar-refractivity contribution in [2.45, 2.75) is 110 Å². The minimum atomic E-state index is -4.49. The summed E-state index contributed by atoms with van der Waals surface area (Å²) in [6.07, 6.45) is 31.3. The highest BCUT2D eigenvalue weighted by atomic mass is 31.2. The molecule has 0 saturated heterocycles. The number of hydrogen-bond donors (Lipinski definition) is 0. The van der Waals surface area contributed by atoms with Crippen molar-refractivity contribution in [2.75, 3.05) is 54.1 Å². The number of allylic oxidation sites excluding steroid dienone is 8. The number of hydrogen-bond acceptors (Lipinski definition) is 7. The van der Waals surface area contributed by atoms with E-state index in [9.17, 15) is 14.3 Å². The van der Waals surface area contributed by atoms with Gasteiger partial charge >= 0.3 is 5.97 Å². The van der Waals surface area contributed by atoms with E-state index < -0.39 is 19.9 Å². The third-order valence-corrected chi connectivity index (χ3v) is 7.33. The van der Waals surface area contributed by atoms with Gasteiger partial charge in [0.25, 0.3) is 7.82 Å². The summed E-state index contributed by atoms with van der Waals surface area (Å²) in [4.78, 5) is 24.1. The molecule has 0 aliphatic rings. The fourth-order valence-corrected chi connectivity index (χ4v) is 4.59. The van der Waals surface area contributed by atoms with Gasteiger partial charge in [0.1, 0.15) is 19.3 Å². The zero-order valence-electron chi connectivity index (χ0n) is 27.9. The van der Waals surface area contributed by atoms with E-state index in [-0.39, 0.29) is 26.2 Å². The quantitative estimate of drug-likeness (QED) is 0.0274.